The molecule has 220 valence electrons. The highest BCUT2D eigenvalue weighted by Crippen LogP contribution is 2.25. The number of fused-ring (bicyclic) bond motifs is 1. The molecule has 2 heterocycles. The quantitative estimate of drug-likeness (QED) is 0.306. The average Bonchev–Trinajstić information content (AvgIpc) is 3.18. The van der Waals surface area contributed by atoms with E-state index in [0.29, 0.717) is 5.69 Å². The number of aryl methyl sites for hydroxylation is 1. The number of aromatic nitrogens is 2. The molecule has 16 heteroatoms. The van der Waals surface area contributed by atoms with Crippen LogP contribution in [-0.4, -0.2) is 56.5 Å². The number of aliphatic carboxylic acids is 1. The summed E-state index contributed by atoms with van der Waals surface area (Å²) in [4.78, 5) is 26.0. The number of halogens is 8. The Morgan fingerprint density at radius 3 is 2.20 bits per heavy atom. The summed E-state index contributed by atoms with van der Waals surface area (Å²) in [5.74, 6) is -4.74. The number of nitrogens with one attached hydrogen (secondary N) is 1. The number of hydrogen-bond acceptors (Lipinski definition) is 5. The number of carboxylic acids is 1. The second kappa shape index (κ2) is 13.4. The molecule has 0 fully saturated rings. The Labute approximate surface area is 221 Å². The monoisotopic (exact) mass is 585 g/mol. The number of aliphatic hydroxyl groups is 1. The Morgan fingerprint density at radius 1 is 1.07 bits per heavy atom. The largest absolute Gasteiger partial charge is 0.490 e. The third-order valence-electron chi connectivity index (χ3n) is 5.25. The number of carbonyl (C=O) groups is 2. The third kappa shape index (κ3) is 9.07. The molecule has 2 aromatic heterocycles. The van der Waals surface area contributed by atoms with Gasteiger partial charge in [-0.1, -0.05) is 6.07 Å². The lowest BCUT2D eigenvalue weighted by atomic mass is 10.1. The SMILES string of the molecule is Cc1nc2c(OCc3c(F)cccc3F)cccn2c1C(=O)NC(CO)CCCC(F)(F)F.O=C(O)C(F)(F)F. The molecule has 1 unspecified atom stereocenters. The van der Waals surface area contributed by atoms with Crippen LogP contribution in [0.1, 0.15) is 41.0 Å². The van der Waals surface area contributed by atoms with Crippen molar-refractivity contribution in [3.63, 3.8) is 0 Å². The van der Waals surface area contributed by atoms with Crippen LogP contribution < -0.4 is 10.1 Å². The number of nitrogens with zero attached hydrogens (tertiary/aromatic N) is 2. The number of pyridine rings is 1. The first-order valence-electron chi connectivity index (χ1n) is 11.4. The van der Waals surface area contributed by atoms with E-state index in [1.54, 1.807) is 13.0 Å². The first kappa shape index (κ1) is 32.3. The molecule has 0 radical (unpaired) electrons. The highest BCUT2D eigenvalue weighted by atomic mass is 19.4. The van der Waals surface area contributed by atoms with Gasteiger partial charge in [0.05, 0.1) is 23.9 Å². The van der Waals surface area contributed by atoms with Crippen LogP contribution in [0.5, 0.6) is 5.75 Å². The van der Waals surface area contributed by atoms with Gasteiger partial charge in [0.1, 0.15) is 23.9 Å². The summed E-state index contributed by atoms with van der Waals surface area (Å²) in [5, 5.41) is 19.1. The molecule has 3 rings (SSSR count). The van der Waals surface area contributed by atoms with Crippen molar-refractivity contribution in [2.75, 3.05) is 6.61 Å². The number of amides is 1. The smallest absolute Gasteiger partial charge is 0.485 e. The number of carboxylic acid groups (broad SMARTS) is 1. The minimum Gasteiger partial charge on any atom is -0.485 e. The van der Waals surface area contributed by atoms with E-state index < -0.39 is 61.5 Å². The zero-order valence-electron chi connectivity index (χ0n) is 20.6. The summed E-state index contributed by atoms with van der Waals surface area (Å²) < 4.78 is 104. The summed E-state index contributed by atoms with van der Waals surface area (Å²) in [7, 11) is 0. The van der Waals surface area contributed by atoms with Crippen LogP contribution in [-0.2, 0) is 11.4 Å². The van der Waals surface area contributed by atoms with Crippen LogP contribution in [0, 0.1) is 18.6 Å². The highest BCUT2D eigenvalue weighted by molar-refractivity contribution is 5.95. The van der Waals surface area contributed by atoms with E-state index in [4.69, 9.17) is 14.6 Å². The zero-order valence-corrected chi connectivity index (χ0v) is 20.6. The van der Waals surface area contributed by atoms with Crippen molar-refractivity contribution in [2.24, 2.45) is 0 Å². The Kier molecular flexibility index (Phi) is 10.8. The Hall–Kier alpha value is -3.95. The van der Waals surface area contributed by atoms with Crippen molar-refractivity contribution in [2.45, 2.75) is 51.2 Å². The number of alkyl halides is 6. The second-order valence-corrected chi connectivity index (χ2v) is 8.26. The molecule has 40 heavy (non-hydrogen) atoms. The van der Waals surface area contributed by atoms with Gasteiger partial charge in [0.25, 0.3) is 5.91 Å². The fourth-order valence-electron chi connectivity index (χ4n) is 3.37. The van der Waals surface area contributed by atoms with Crippen molar-refractivity contribution in [3.05, 3.63) is 65.1 Å². The topological polar surface area (TPSA) is 113 Å². The Morgan fingerprint density at radius 2 is 1.68 bits per heavy atom. The molecule has 3 aromatic rings. The van der Waals surface area contributed by atoms with E-state index in [1.807, 2.05) is 0 Å². The zero-order chi connectivity index (χ0) is 30.3. The van der Waals surface area contributed by atoms with E-state index in [2.05, 4.69) is 10.3 Å². The number of ether oxygens (including phenoxy) is 1. The molecular formula is C24H23F8N3O5. The first-order chi connectivity index (χ1) is 18.5. The normalized spacial score (nSPS) is 12.4. The van der Waals surface area contributed by atoms with Crippen molar-refractivity contribution in [3.8, 4) is 5.75 Å². The van der Waals surface area contributed by atoms with Gasteiger partial charge >= 0.3 is 18.3 Å². The van der Waals surface area contributed by atoms with Gasteiger partial charge in [-0.15, -0.1) is 0 Å². The van der Waals surface area contributed by atoms with E-state index in [0.717, 1.165) is 12.1 Å². The maximum absolute atomic E-state index is 13.9. The number of carbonyl (C=O) groups excluding carboxylic acids is 1. The molecule has 0 aliphatic rings. The summed E-state index contributed by atoms with van der Waals surface area (Å²) in [6.07, 6.45) is -9.19. The maximum Gasteiger partial charge on any atom is 0.490 e. The van der Waals surface area contributed by atoms with Gasteiger partial charge in [-0.05, 0) is 44.0 Å². The van der Waals surface area contributed by atoms with Gasteiger partial charge < -0.3 is 20.3 Å². The summed E-state index contributed by atoms with van der Waals surface area (Å²) >= 11 is 0. The number of rotatable bonds is 9. The molecule has 3 N–H and O–H groups in total. The fourth-order valence-corrected chi connectivity index (χ4v) is 3.37. The van der Waals surface area contributed by atoms with Crippen molar-refractivity contribution in [1.82, 2.24) is 14.7 Å². The minimum absolute atomic E-state index is 0.0555. The van der Waals surface area contributed by atoms with Gasteiger partial charge in [-0.2, -0.15) is 26.3 Å². The summed E-state index contributed by atoms with van der Waals surface area (Å²) in [5.41, 5.74) is 0.356. The highest BCUT2D eigenvalue weighted by Gasteiger charge is 2.38. The molecule has 1 atom stereocenters. The third-order valence-corrected chi connectivity index (χ3v) is 5.25. The van der Waals surface area contributed by atoms with Gasteiger partial charge in [0, 0.05) is 12.6 Å². The van der Waals surface area contributed by atoms with Gasteiger partial charge in [0.2, 0.25) is 0 Å². The van der Waals surface area contributed by atoms with E-state index in [9.17, 15) is 45.0 Å². The molecule has 1 aromatic carbocycles. The molecule has 0 spiro atoms. The summed E-state index contributed by atoms with van der Waals surface area (Å²) in [6.45, 7) is 0.624. The number of hydrogen-bond donors (Lipinski definition) is 3. The first-order valence-corrected chi connectivity index (χ1v) is 11.4. The van der Waals surface area contributed by atoms with Crippen molar-refractivity contribution in [1.29, 1.82) is 0 Å². The molecule has 0 bridgehead atoms. The molecular weight excluding hydrogens is 562 g/mol. The van der Waals surface area contributed by atoms with Crippen LogP contribution in [0.15, 0.2) is 36.5 Å². The molecule has 1 amide bonds. The average molecular weight is 585 g/mol. The van der Waals surface area contributed by atoms with Gasteiger partial charge in [-0.3, -0.25) is 9.20 Å². The standard InChI is InChI=1S/C22H22F5N3O3.C2HF3O2/c1-13-19(21(32)29-14(11-31)5-3-9-22(25,26)27)30-10-4-8-18(20(30)28-13)33-12-15-16(23)6-2-7-17(15)24;3-2(4,5)1(6)7/h2,4,6-8,10,14,31H,3,5,9,11-12H2,1H3,(H,29,32);(H,6,7). The lowest BCUT2D eigenvalue weighted by Crippen LogP contribution is -2.38. The number of imidazole rings is 1. The van der Waals surface area contributed by atoms with E-state index >= 15 is 0 Å². The molecule has 8 nitrogen and oxygen atoms in total. The van der Waals surface area contributed by atoms with Crippen LogP contribution in [0.4, 0.5) is 35.1 Å². The molecule has 0 saturated heterocycles. The number of aliphatic hydroxyl groups excluding tert-OH is 1. The molecule has 0 aliphatic carbocycles. The van der Waals surface area contributed by atoms with Crippen LogP contribution in [0.2, 0.25) is 0 Å². The molecule has 0 aliphatic heterocycles. The predicted octanol–water partition coefficient (Wildman–Crippen LogP) is 4.96. The molecule has 0 saturated carbocycles. The van der Waals surface area contributed by atoms with Gasteiger partial charge in [-0.25, -0.2) is 18.6 Å². The summed E-state index contributed by atoms with van der Waals surface area (Å²) in [6, 6.07) is 5.66. The van der Waals surface area contributed by atoms with Crippen molar-refractivity contribution < 1.29 is 59.7 Å². The van der Waals surface area contributed by atoms with Crippen molar-refractivity contribution >= 4 is 17.5 Å². The lowest BCUT2D eigenvalue weighted by Gasteiger charge is -2.17. The van der Waals surface area contributed by atoms with E-state index in [-0.39, 0.29) is 35.5 Å². The van der Waals surface area contributed by atoms with Gasteiger partial charge in [0.15, 0.2) is 11.4 Å². The van der Waals surface area contributed by atoms with Crippen LogP contribution in [0.25, 0.3) is 5.65 Å². The van der Waals surface area contributed by atoms with E-state index in [1.165, 1.54) is 22.7 Å². The second-order valence-electron chi connectivity index (χ2n) is 8.26. The Balaban J connectivity index is 0.000000708. The van der Waals surface area contributed by atoms with Crippen LogP contribution in [0.3, 0.4) is 0 Å². The fraction of sp³-hybridized carbons (Fsp3) is 0.375. The Bertz CT molecular complexity index is 1300. The lowest BCUT2D eigenvalue weighted by molar-refractivity contribution is -0.192. The van der Waals surface area contributed by atoms with Crippen LogP contribution >= 0.6 is 0 Å². The number of benzene rings is 1. The minimum atomic E-state index is -5.08. The predicted molar refractivity (Wildman–Crippen MR) is 123 cm³/mol. The maximum atomic E-state index is 13.9.